The fourth-order valence-corrected chi connectivity index (χ4v) is 3.93. The van der Waals surface area contributed by atoms with Gasteiger partial charge in [0.05, 0.1) is 11.4 Å². The SMILES string of the molecule is CCc1nnsc1C(=O)OC(C)C(=O)Nc1ccccc1Sc1ccccc1. The predicted molar refractivity (Wildman–Crippen MR) is 110 cm³/mol. The zero-order valence-corrected chi connectivity index (χ0v) is 17.0. The molecule has 1 aromatic heterocycles. The van der Waals surface area contributed by atoms with Crippen LogP contribution in [0.2, 0.25) is 0 Å². The van der Waals surface area contributed by atoms with Crippen LogP contribution >= 0.6 is 23.3 Å². The molecule has 0 radical (unpaired) electrons. The highest BCUT2D eigenvalue weighted by Crippen LogP contribution is 2.33. The van der Waals surface area contributed by atoms with Crippen molar-refractivity contribution in [3.05, 3.63) is 65.2 Å². The van der Waals surface area contributed by atoms with Gasteiger partial charge in [-0.05, 0) is 49.1 Å². The largest absolute Gasteiger partial charge is 0.448 e. The number of aromatic nitrogens is 2. The summed E-state index contributed by atoms with van der Waals surface area (Å²) in [6.07, 6.45) is -0.375. The number of hydrogen-bond acceptors (Lipinski definition) is 7. The van der Waals surface area contributed by atoms with Gasteiger partial charge in [-0.3, -0.25) is 4.79 Å². The molecule has 0 saturated carbocycles. The highest BCUT2D eigenvalue weighted by Gasteiger charge is 2.23. The predicted octanol–water partition coefficient (Wildman–Crippen LogP) is 4.44. The maximum atomic E-state index is 12.6. The summed E-state index contributed by atoms with van der Waals surface area (Å²) in [7, 11) is 0. The maximum Gasteiger partial charge on any atom is 0.352 e. The zero-order chi connectivity index (χ0) is 19.9. The fraction of sp³-hybridized carbons (Fsp3) is 0.200. The number of amides is 1. The van der Waals surface area contributed by atoms with Crippen molar-refractivity contribution in [2.24, 2.45) is 0 Å². The van der Waals surface area contributed by atoms with Crippen molar-refractivity contribution in [1.82, 2.24) is 9.59 Å². The van der Waals surface area contributed by atoms with E-state index in [0.29, 0.717) is 22.7 Å². The Morgan fingerprint density at radius 2 is 1.86 bits per heavy atom. The monoisotopic (exact) mass is 413 g/mol. The van der Waals surface area contributed by atoms with Gasteiger partial charge in [0.15, 0.2) is 11.0 Å². The summed E-state index contributed by atoms with van der Waals surface area (Å²) in [6.45, 7) is 3.42. The van der Waals surface area contributed by atoms with E-state index in [0.717, 1.165) is 21.3 Å². The highest BCUT2D eigenvalue weighted by molar-refractivity contribution is 7.99. The van der Waals surface area contributed by atoms with Crippen molar-refractivity contribution in [3.63, 3.8) is 0 Å². The minimum absolute atomic E-state index is 0.335. The van der Waals surface area contributed by atoms with Crippen LogP contribution in [0.15, 0.2) is 64.4 Å². The number of carbonyl (C=O) groups is 2. The Kier molecular flexibility index (Phi) is 6.78. The van der Waals surface area contributed by atoms with Crippen LogP contribution < -0.4 is 5.32 Å². The molecule has 1 atom stereocenters. The minimum atomic E-state index is -0.950. The van der Waals surface area contributed by atoms with Gasteiger partial charge in [0, 0.05) is 9.79 Å². The Bertz CT molecular complexity index is 960. The fourth-order valence-electron chi connectivity index (χ4n) is 2.37. The topological polar surface area (TPSA) is 81.2 Å². The summed E-state index contributed by atoms with van der Waals surface area (Å²) < 4.78 is 9.07. The van der Waals surface area contributed by atoms with Crippen LogP contribution in [-0.4, -0.2) is 27.6 Å². The third kappa shape index (κ3) is 4.96. The average molecular weight is 414 g/mol. The summed E-state index contributed by atoms with van der Waals surface area (Å²) >= 11 is 2.52. The third-order valence-corrected chi connectivity index (χ3v) is 5.68. The second kappa shape index (κ2) is 9.48. The molecule has 8 heteroatoms. The highest BCUT2D eigenvalue weighted by atomic mass is 32.2. The number of aryl methyl sites for hydroxylation is 1. The number of ether oxygens (including phenoxy) is 1. The number of nitrogens with one attached hydrogen (secondary N) is 1. The molecule has 2 aromatic carbocycles. The van der Waals surface area contributed by atoms with Crippen molar-refractivity contribution in [2.75, 3.05) is 5.32 Å². The molecule has 6 nitrogen and oxygen atoms in total. The van der Waals surface area contributed by atoms with E-state index in [9.17, 15) is 9.59 Å². The molecule has 0 aliphatic heterocycles. The van der Waals surface area contributed by atoms with E-state index >= 15 is 0 Å². The Morgan fingerprint density at radius 1 is 1.14 bits per heavy atom. The van der Waals surface area contributed by atoms with Crippen molar-refractivity contribution >= 4 is 40.9 Å². The first-order valence-corrected chi connectivity index (χ1v) is 10.3. The van der Waals surface area contributed by atoms with Crippen molar-refractivity contribution < 1.29 is 14.3 Å². The van der Waals surface area contributed by atoms with Gasteiger partial charge in [-0.15, -0.1) is 5.10 Å². The molecule has 0 bridgehead atoms. The molecule has 0 fully saturated rings. The van der Waals surface area contributed by atoms with Crippen molar-refractivity contribution in [1.29, 1.82) is 0 Å². The van der Waals surface area contributed by atoms with Gasteiger partial charge in [-0.1, -0.05) is 53.5 Å². The van der Waals surface area contributed by atoms with E-state index < -0.39 is 18.0 Å². The van der Waals surface area contributed by atoms with E-state index in [1.165, 1.54) is 0 Å². The second-order valence-corrected chi connectivity index (χ2v) is 7.72. The van der Waals surface area contributed by atoms with Crippen LogP contribution in [-0.2, 0) is 16.0 Å². The van der Waals surface area contributed by atoms with Crippen molar-refractivity contribution in [2.45, 2.75) is 36.2 Å². The molecule has 3 aromatic rings. The first-order chi connectivity index (χ1) is 13.6. The van der Waals surface area contributed by atoms with Gasteiger partial charge in [0.2, 0.25) is 0 Å². The lowest BCUT2D eigenvalue weighted by Gasteiger charge is -2.15. The summed E-state index contributed by atoms with van der Waals surface area (Å²) in [6, 6.07) is 17.4. The standard InChI is InChI=1S/C20H19N3O3S2/c1-3-15-18(28-23-22-15)20(25)26-13(2)19(24)21-16-11-7-8-12-17(16)27-14-9-5-4-6-10-14/h4-13H,3H2,1-2H3,(H,21,24). The number of para-hydroxylation sites is 1. The van der Waals surface area contributed by atoms with Crippen LogP contribution in [0.4, 0.5) is 5.69 Å². The maximum absolute atomic E-state index is 12.6. The molecule has 0 saturated heterocycles. The number of hydrogen-bond donors (Lipinski definition) is 1. The van der Waals surface area contributed by atoms with Crippen LogP contribution in [0.5, 0.6) is 0 Å². The third-order valence-electron chi connectivity index (χ3n) is 3.85. The van der Waals surface area contributed by atoms with Gasteiger partial charge in [0.1, 0.15) is 0 Å². The van der Waals surface area contributed by atoms with Gasteiger partial charge in [-0.2, -0.15) is 0 Å². The van der Waals surface area contributed by atoms with E-state index in [4.69, 9.17) is 4.74 Å². The summed E-state index contributed by atoms with van der Waals surface area (Å²) in [4.78, 5) is 27.1. The molecule has 144 valence electrons. The normalized spacial score (nSPS) is 11.6. The number of esters is 1. The van der Waals surface area contributed by atoms with E-state index in [2.05, 4.69) is 14.9 Å². The molecular formula is C20H19N3O3S2. The molecular weight excluding hydrogens is 394 g/mol. The lowest BCUT2D eigenvalue weighted by atomic mass is 10.3. The Balaban J connectivity index is 1.66. The lowest BCUT2D eigenvalue weighted by molar-refractivity contribution is -0.123. The van der Waals surface area contributed by atoms with Gasteiger partial charge >= 0.3 is 5.97 Å². The molecule has 1 unspecified atom stereocenters. The smallest absolute Gasteiger partial charge is 0.352 e. The van der Waals surface area contributed by atoms with Gasteiger partial charge in [0.25, 0.3) is 5.91 Å². The Morgan fingerprint density at radius 3 is 2.61 bits per heavy atom. The molecule has 0 aliphatic rings. The first kappa shape index (κ1) is 20.0. The van der Waals surface area contributed by atoms with Gasteiger partial charge in [-0.25, -0.2) is 4.79 Å². The summed E-state index contributed by atoms with van der Waals surface area (Å²) in [5.74, 6) is -0.980. The number of nitrogens with zero attached hydrogens (tertiary/aromatic N) is 2. The number of rotatable bonds is 7. The second-order valence-electron chi connectivity index (χ2n) is 5.85. The quantitative estimate of drug-likeness (QED) is 0.577. The average Bonchev–Trinajstić information content (AvgIpc) is 3.19. The van der Waals surface area contributed by atoms with Crippen LogP contribution in [0.3, 0.4) is 0 Å². The lowest BCUT2D eigenvalue weighted by Crippen LogP contribution is -2.30. The van der Waals surface area contributed by atoms with E-state index in [1.54, 1.807) is 18.7 Å². The van der Waals surface area contributed by atoms with Gasteiger partial charge < -0.3 is 10.1 Å². The summed E-state index contributed by atoms with van der Waals surface area (Å²) in [5, 5.41) is 6.74. The molecule has 1 N–H and O–H groups in total. The Labute approximate surface area is 171 Å². The van der Waals surface area contributed by atoms with Crippen molar-refractivity contribution in [3.8, 4) is 0 Å². The van der Waals surface area contributed by atoms with E-state index in [1.807, 2.05) is 61.5 Å². The number of anilines is 1. The molecule has 28 heavy (non-hydrogen) atoms. The molecule has 1 amide bonds. The van der Waals surface area contributed by atoms with Crippen LogP contribution in [0.25, 0.3) is 0 Å². The van der Waals surface area contributed by atoms with Crippen LogP contribution in [0.1, 0.15) is 29.2 Å². The minimum Gasteiger partial charge on any atom is -0.448 e. The first-order valence-electron chi connectivity index (χ1n) is 8.73. The number of benzene rings is 2. The molecule has 1 heterocycles. The molecule has 0 spiro atoms. The summed E-state index contributed by atoms with van der Waals surface area (Å²) in [5.41, 5.74) is 1.24. The van der Waals surface area contributed by atoms with Crippen LogP contribution in [0, 0.1) is 0 Å². The Hall–Kier alpha value is -2.71. The molecule has 0 aliphatic carbocycles. The van der Waals surface area contributed by atoms with E-state index in [-0.39, 0.29) is 0 Å². The zero-order valence-electron chi connectivity index (χ0n) is 15.4. The number of carbonyl (C=O) groups excluding carboxylic acids is 2. The molecule has 3 rings (SSSR count).